The van der Waals surface area contributed by atoms with Crippen LogP contribution in [0.25, 0.3) is 10.6 Å². The van der Waals surface area contributed by atoms with Gasteiger partial charge in [0.2, 0.25) is 0 Å². The molecule has 2 heterocycles. The van der Waals surface area contributed by atoms with Gasteiger partial charge in [0.15, 0.2) is 0 Å². The second-order valence-electron chi connectivity index (χ2n) is 8.65. The maximum absolute atomic E-state index is 5.68. The van der Waals surface area contributed by atoms with Gasteiger partial charge in [0.1, 0.15) is 10.8 Å². The molecule has 1 aliphatic heterocycles. The molecule has 0 atom stereocenters. The fraction of sp³-hybridized carbons (Fsp3) is 0.423. The van der Waals surface area contributed by atoms with E-state index in [1.54, 1.807) is 18.4 Å². The van der Waals surface area contributed by atoms with E-state index in [9.17, 15) is 0 Å². The molecule has 1 saturated heterocycles. The Labute approximate surface area is 190 Å². The molecule has 0 spiro atoms. The highest BCUT2D eigenvalue weighted by Gasteiger charge is 2.33. The third-order valence-electron chi connectivity index (χ3n) is 6.43. The van der Waals surface area contributed by atoms with E-state index < -0.39 is 0 Å². The fourth-order valence-electron chi connectivity index (χ4n) is 4.35. The number of rotatable bonds is 6. The van der Waals surface area contributed by atoms with Crippen molar-refractivity contribution in [3.8, 4) is 16.3 Å². The lowest BCUT2D eigenvalue weighted by molar-refractivity contribution is 0.126. The number of hydrogen-bond donors (Lipinski definition) is 0. The minimum atomic E-state index is -0.102. The number of ether oxygens (including phenoxy) is 1. The van der Waals surface area contributed by atoms with Crippen LogP contribution >= 0.6 is 11.3 Å². The van der Waals surface area contributed by atoms with Crippen LogP contribution in [0.5, 0.6) is 5.75 Å². The first-order valence-electron chi connectivity index (χ1n) is 11.2. The van der Waals surface area contributed by atoms with E-state index in [2.05, 4.69) is 84.5 Å². The van der Waals surface area contributed by atoms with Crippen LogP contribution in [0, 0.1) is 0 Å². The summed E-state index contributed by atoms with van der Waals surface area (Å²) in [6.45, 7) is 10.9. The average Bonchev–Trinajstić information content (AvgIpc) is 3.18. The zero-order valence-electron chi connectivity index (χ0n) is 19.1. The lowest BCUT2D eigenvalue weighted by Crippen LogP contribution is -2.44. The van der Waals surface area contributed by atoms with E-state index in [1.165, 1.54) is 16.8 Å². The van der Waals surface area contributed by atoms with Gasteiger partial charge in [0.25, 0.3) is 0 Å². The molecule has 2 aromatic carbocycles. The molecule has 31 heavy (non-hydrogen) atoms. The van der Waals surface area contributed by atoms with Crippen molar-refractivity contribution in [2.45, 2.75) is 39.2 Å². The Hall–Kier alpha value is -2.37. The molecule has 0 amide bonds. The summed E-state index contributed by atoms with van der Waals surface area (Å²) < 4.78 is 5.68. The number of nitrogens with zero attached hydrogens (tertiary/aromatic N) is 3. The largest absolute Gasteiger partial charge is 0.495 e. The van der Waals surface area contributed by atoms with E-state index in [0.29, 0.717) is 0 Å². The summed E-state index contributed by atoms with van der Waals surface area (Å²) in [6.07, 6.45) is 2.16. The van der Waals surface area contributed by atoms with Crippen molar-refractivity contribution >= 4 is 17.0 Å². The second-order valence-corrected chi connectivity index (χ2v) is 9.51. The summed E-state index contributed by atoms with van der Waals surface area (Å²) in [5.74, 6) is 0.969. The van der Waals surface area contributed by atoms with Crippen LogP contribution in [-0.4, -0.2) is 43.2 Å². The molecule has 0 N–H and O–H groups in total. The van der Waals surface area contributed by atoms with Gasteiger partial charge in [-0.05, 0) is 44.4 Å². The molecule has 0 radical (unpaired) electrons. The van der Waals surface area contributed by atoms with Crippen molar-refractivity contribution < 1.29 is 4.74 Å². The van der Waals surface area contributed by atoms with Crippen LogP contribution in [0.15, 0.2) is 53.9 Å². The maximum atomic E-state index is 5.68. The normalized spacial score (nSPS) is 15.7. The van der Waals surface area contributed by atoms with Gasteiger partial charge in [-0.15, -0.1) is 11.3 Å². The van der Waals surface area contributed by atoms with Gasteiger partial charge in [0, 0.05) is 37.1 Å². The molecule has 5 heteroatoms. The molecule has 4 rings (SSSR count). The highest BCUT2D eigenvalue weighted by atomic mass is 32.1. The quantitative estimate of drug-likeness (QED) is 0.487. The molecule has 0 saturated carbocycles. The van der Waals surface area contributed by atoms with E-state index in [0.717, 1.165) is 55.5 Å². The first-order chi connectivity index (χ1) is 15.0. The Bertz CT molecular complexity index is 999. The van der Waals surface area contributed by atoms with Crippen molar-refractivity contribution in [1.82, 2.24) is 9.88 Å². The Kier molecular flexibility index (Phi) is 6.63. The average molecular weight is 436 g/mol. The van der Waals surface area contributed by atoms with Crippen LogP contribution in [0.4, 0.5) is 5.69 Å². The molecule has 1 aromatic heterocycles. The van der Waals surface area contributed by atoms with Crippen LogP contribution in [0.1, 0.15) is 38.4 Å². The third kappa shape index (κ3) is 4.63. The van der Waals surface area contributed by atoms with Gasteiger partial charge in [-0.2, -0.15) is 0 Å². The Morgan fingerprint density at radius 3 is 2.58 bits per heavy atom. The van der Waals surface area contributed by atoms with Crippen LogP contribution in [0.3, 0.4) is 0 Å². The number of hydrogen-bond acceptors (Lipinski definition) is 5. The number of anilines is 1. The first kappa shape index (κ1) is 21.8. The number of benzene rings is 2. The van der Waals surface area contributed by atoms with Crippen molar-refractivity contribution in [2.75, 3.05) is 38.2 Å². The number of methoxy groups -OCH3 is 1. The number of aromatic nitrogens is 1. The minimum absolute atomic E-state index is 0.102. The standard InChI is InChI=1S/C26H33N3OS/c1-5-20-12-13-23(30-4)22(18-20)28-14-9-15-29(17-16-28)26(2,3)24-19-31-25(27-24)21-10-7-6-8-11-21/h6-8,10-13,18-19H,5,9,14-17H2,1-4H3. The Balaban J connectivity index is 1.51. The monoisotopic (exact) mass is 435 g/mol. The molecule has 3 aromatic rings. The van der Waals surface area contributed by atoms with Gasteiger partial charge >= 0.3 is 0 Å². The van der Waals surface area contributed by atoms with E-state index >= 15 is 0 Å². The maximum Gasteiger partial charge on any atom is 0.142 e. The molecule has 0 aliphatic carbocycles. The SMILES string of the molecule is CCc1ccc(OC)c(N2CCCN(C(C)(C)c3csc(-c4ccccc4)n3)CC2)c1. The van der Waals surface area contributed by atoms with E-state index in [-0.39, 0.29) is 5.54 Å². The number of aryl methyl sites for hydroxylation is 1. The molecule has 164 valence electrons. The van der Waals surface area contributed by atoms with E-state index in [4.69, 9.17) is 9.72 Å². The minimum Gasteiger partial charge on any atom is -0.495 e. The molecule has 0 bridgehead atoms. The predicted octanol–water partition coefficient (Wildman–Crippen LogP) is 5.83. The topological polar surface area (TPSA) is 28.6 Å². The second kappa shape index (κ2) is 9.41. The summed E-state index contributed by atoms with van der Waals surface area (Å²) in [7, 11) is 1.77. The van der Waals surface area contributed by atoms with Crippen molar-refractivity contribution in [3.05, 3.63) is 65.2 Å². The highest BCUT2D eigenvalue weighted by molar-refractivity contribution is 7.13. The molecular formula is C26H33N3OS. The highest BCUT2D eigenvalue weighted by Crippen LogP contribution is 2.35. The molecule has 0 unspecified atom stereocenters. The Morgan fingerprint density at radius 1 is 1.03 bits per heavy atom. The van der Waals surface area contributed by atoms with Gasteiger partial charge in [-0.3, -0.25) is 4.90 Å². The zero-order chi connectivity index (χ0) is 21.8. The summed E-state index contributed by atoms with van der Waals surface area (Å²) in [5, 5.41) is 3.33. The molecular weight excluding hydrogens is 402 g/mol. The molecule has 4 nitrogen and oxygen atoms in total. The predicted molar refractivity (Wildman–Crippen MR) is 131 cm³/mol. The van der Waals surface area contributed by atoms with Crippen molar-refractivity contribution in [1.29, 1.82) is 0 Å². The van der Waals surface area contributed by atoms with Gasteiger partial charge in [0.05, 0.1) is 24.0 Å². The summed E-state index contributed by atoms with van der Waals surface area (Å²) >= 11 is 1.74. The molecule has 1 aliphatic rings. The third-order valence-corrected chi connectivity index (χ3v) is 7.32. The van der Waals surface area contributed by atoms with Crippen molar-refractivity contribution in [3.63, 3.8) is 0 Å². The summed E-state index contributed by atoms with van der Waals surface area (Å²) in [4.78, 5) is 10.1. The van der Waals surface area contributed by atoms with Crippen LogP contribution < -0.4 is 9.64 Å². The van der Waals surface area contributed by atoms with Gasteiger partial charge in [-0.1, -0.05) is 43.3 Å². The summed E-state index contributed by atoms with van der Waals surface area (Å²) in [6, 6.07) is 17.1. The lowest BCUT2D eigenvalue weighted by Gasteiger charge is -2.36. The van der Waals surface area contributed by atoms with Crippen LogP contribution in [0.2, 0.25) is 0 Å². The van der Waals surface area contributed by atoms with Gasteiger partial charge < -0.3 is 9.64 Å². The smallest absolute Gasteiger partial charge is 0.142 e. The number of thiazole rings is 1. The summed E-state index contributed by atoms with van der Waals surface area (Å²) in [5.41, 5.74) is 4.83. The van der Waals surface area contributed by atoms with Gasteiger partial charge in [-0.25, -0.2) is 4.98 Å². The Morgan fingerprint density at radius 2 is 1.84 bits per heavy atom. The molecule has 1 fully saturated rings. The first-order valence-corrected chi connectivity index (χ1v) is 12.1. The van der Waals surface area contributed by atoms with E-state index in [1.807, 2.05) is 0 Å². The zero-order valence-corrected chi connectivity index (χ0v) is 19.9. The van der Waals surface area contributed by atoms with Crippen molar-refractivity contribution in [2.24, 2.45) is 0 Å². The van der Waals surface area contributed by atoms with Crippen LogP contribution in [-0.2, 0) is 12.0 Å². The fourth-order valence-corrected chi connectivity index (χ4v) is 5.34. The lowest BCUT2D eigenvalue weighted by atomic mass is 9.98.